The maximum absolute atomic E-state index is 4.66. The summed E-state index contributed by atoms with van der Waals surface area (Å²) in [4.78, 5) is 7.11. The molecule has 0 radical (unpaired) electrons. The first-order valence-electron chi connectivity index (χ1n) is 7.76. The van der Waals surface area contributed by atoms with Crippen LogP contribution in [0.1, 0.15) is 51.0 Å². The van der Waals surface area contributed by atoms with Crippen molar-refractivity contribution in [2.75, 3.05) is 19.6 Å². The Bertz CT molecular complexity index is 384. The molecule has 2 nitrogen and oxygen atoms in total. The monoisotopic (exact) mass is 258 g/mol. The van der Waals surface area contributed by atoms with Gasteiger partial charge in [-0.05, 0) is 6.42 Å². The molecule has 0 N–H and O–H groups in total. The van der Waals surface area contributed by atoms with Crippen LogP contribution in [0.5, 0.6) is 0 Å². The highest BCUT2D eigenvalue weighted by molar-refractivity contribution is 5.99. The van der Waals surface area contributed by atoms with Crippen molar-refractivity contribution < 1.29 is 0 Å². The number of aliphatic imine (C=N–C) groups is 1. The van der Waals surface area contributed by atoms with Crippen LogP contribution in [-0.4, -0.2) is 30.4 Å². The molecule has 1 aliphatic rings. The molecule has 0 spiro atoms. The smallest absolute Gasteiger partial charge is 0.131 e. The Labute approximate surface area is 117 Å². The predicted octanol–water partition coefficient (Wildman–Crippen LogP) is 4.11. The van der Waals surface area contributed by atoms with Crippen molar-refractivity contribution in [2.45, 2.75) is 45.4 Å². The Morgan fingerprint density at radius 3 is 2.53 bits per heavy atom. The van der Waals surface area contributed by atoms with E-state index >= 15 is 0 Å². The third-order valence-corrected chi connectivity index (χ3v) is 3.74. The Balaban J connectivity index is 1.74. The van der Waals surface area contributed by atoms with Gasteiger partial charge in [-0.15, -0.1) is 0 Å². The maximum atomic E-state index is 4.66. The lowest BCUT2D eigenvalue weighted by Crippen LogP contribution is -2.29. The molecule has 104 valence electrons. The van der Waals surface area contributed by atoms with Crippen LogP contribution >= 0.6 is 0 Å². The van der Waals surface area contributed by atoms with E-state index < -0.39 is 0 Å². The summed E-state index contributed by atoms with van der Waals surface area (Å²) in [6.45, 7) is 5.49. The van der Waals surface area contributed by atoms with Crippen LogP contribution in [0.15, 0.2) is 35.3 Å². The fourth-order valence-electron chi connectivity index (χ4n) is 2.64. The van der Waals surface area contributed by atoms with Crippen LogP contribution in [0.4, 0.5) is 0 Å². The van der Waals surface area contributed by atoms with E-state index in [9.17, 15) is 0 Å². The number of unbranched alkanes of at least 4 members (excludes halogenated alkanes) is 5. The van der Waals surface area contributed by atoms with Gasteiger partial charge in [-0.3, -0.25) is 4.99 Å². The molecule has 0 atom stereocenters. The quantitative estimate of drug-likeness (QED) is 0.641. The van der Waals surface area contributed by atoms with E-state index in [1.807, 2.05) is 0 Å². The van der Waals surface area contributed by atoms with Gasteiger partial charge in [-0.25, -0.2) is 0 Å². The zero-order chi connectivity index (χ0) is 13.3. The molecule has 0 saturated heterocycles. The number of rotatable bonds is 8. The highest BCUT2D eigenvalue weighted by Gasteiger charge is 2.17. The fourth-order valence-corrected chi connectivity index (χ4v) is 2.64. The molecule has 0 aromatic heterocycles. The Morgan fingerprint density at radius 2 is 1.74 bits per heavy atom. The number of benzene rings is 1. The van der Waals surface area contributed by atoms with E-state index in [0.29, 0.717) is 0 Å². The van der Waals surface area contributed by atoms with Crippen molar-refractivity contribution in [1.29, 1.82) is 0 Å². The van der Waals surface area contributed by atoms with Gasteiger partial charge in [-0.2, -0.15) is 0 Å². The zero-order valence-corrected chi connectivity index (χ0v) is 12.1. The van der Waals surface area contributed by atoms with E-state index in [1.54, 1.807) is 0 Å². The van der Waals surface area contributed by atoms with Crippen LogP contribution in [-0.2, 0) is 0 Å². The Kier molecular flexibility index (Phi) is 5.93. The van der Waals surface area contributed by atoms with Gasteiger partial charge in [0.05, 0.1) is 6.54 Å². The lowest BCUT2D eigenvalue weighted by molar-refractivity contribution is 0.431. The van der Waals surface area contributed by atoms with Crippen molar-refractivity contribution in [1.82, 2.24) is 4.90 Å². The van der Waals surface area contributed by atoms with E-state index in [4.69, 9.17) is 0 Å². The molecule has 0 aliphatic carbocycles. The van der Waals surface area contributed by atoms with Gasteiger partial charge >= 0.3 is 0 Å². The maximum Gasteiger partial charge on any atom is 0.131 e. The minimum atomic E-state index is 0.958. The summed E-state index contributed by atoms with van der Waals surface area (Å²) in [6, 6.07) is 10.6. The summed E-state index contributed by atoms with van der Waals surface area (Å²) < 4.78 is 0. The second-order valence-electron chi connectivity index (χ2n) is 5.33. The van der Waals surface area contributed by atoms with E-state index in [-0.39, 0.29) is 0 Å². The molecule has 2 rings (SSSR count). The number of amidine groups is 1. The van der Waals surface area contributed by atoms with Crippen LogP contribution < -0.4 is 0 Å². The van der Waals surface area contributed by atoms with Gasteiger partial charge < -0.3 is 4.90 Å². The Hall–Kier alpha value is -1.31. The third kappa shape index (κ3) is 4.38. The van der Waals surface area contributed by atoms with Gasteiger partial charge in [0.15, 0.2) is 0 Å². The minimum absolute atomic E-state index is 0.958. The van der Waals surface area contributed by atoms with Gasteiger partial charge in [0.1, 0.15) is 5.84 Å². The normalized spacial score (nSPS) is 14.8. The van der Waals surface area contributed by atoms with Gasteiger partial charge in [-0.1, -0.05) is 69.4 Å². The van der Waals surface area contributed by atoms with E-state index in [2.05, 4.69) is 47.1 Å². The van der Waals surface area contributed by atoms with Gasteiger partial charge in [0.25, 0.3) is 0 Å². The Morgan fingerprint density at radius 1 is 1.00 bits per heavy atom. The summed E-state index contributed by atoms with van der Waals surface area (Å²) >= 11 is 0. The lowest BCUT2D eigenvalue weighted by atomic mass is 10.1. The standard InChI is InChI=1S/C17H26N2/c1-2-3-4-5-6-10-14-19-15-13-18-17(19)16-11-8-7-9-12-16/h7-9,11-12H,2-6,10,13-15H2,1H3. The molecule has 0 bridgehead atoms. The first-order valence-corrected chi connectivity index (χ1v) is 7.76. The van der Waals surface area contributed by atoms with Crippen LogP contribution in [0.2, 0.25) is 0 Å². The molecule has 1 aromatic rings. The number of nitrogens with zero attached hydrogens (tertiary/aromatic N) is 2. The molecule has 0 fully saturated rings. The summed E-state index contributed by atoms with van der Waals surface area (Å²) in [6.07, 6.45) is 8.17. The number of hydrogen-bond acceptors (Lipinski definition) is 2. The van der Waals surface area contributed by atoms with Crippen molar-refractivity contribution in [3.05, 3.63) is 35.9 Å². The molecular weight excluding hydrogens is 232 g/mol. The summed E-state index contributed by atoms with van der Waals surface area (Å²) in [7, 11) is 0. The van der Waals surface area contributed by atoms with Gasteiger partial charge in [0, 0.05) is 18.7 Å². The first-order chi connectivity index (χ1) is 9.42. The molecule has 1 aromatic carbocycles. The molecule has 1 heterocycles. The van der Waals surface area contributed by atoms with Crippen molar-refractivity contribution >= 4 is 5.84 Å². The average Bonchev–Trinajstić information content (AvgIpc) is 2.92. The lowest BCUT2D eigenvalue weighted by Gasteiger charge is -2.20. The summed E-state index contributed by atoms with van der Waals surface area (Å²) in [5, 5.41) is 0. The highest BCUT2D eigenvalue weighted by atomic mass is 15.2. The minimum Gasteiger partial charge on any atom is -0.355 e. The molecule has 0 unspecified atom stereocenters. The van der Waals surface area contributed by atoms with Gasteiger partial charge in [0.2, 0.25) is 0 Å². The average molecular weight is 258 g/mol. The molecule has 0 amide bonds. The number of hydrogen-bond donors (Lipinski definition) is 0. The highest BCUT2D eigenvalue weighted by Crippen LogP contribution is 2.13. The third-order valence-electron chi connectivity index (χ3n) is 3.74. The second kappa shape index (κ2) is 7.98. The molecule has 1 aliphatic heterocycles. The van der Waals surface area contributed by atoms with Crippen LogP contribution in [0.25, 0.3) is 0 Å². The SMILES string of the molecule is CCCCCCCCN1CCN=C1c1ccccc1. The summed E-state index contributed by atoms with van der Waals surface area (Å²) in [5.41, 5.74) is 1.27. The largest absolute Gasteiger partial charge is 0.355 e. The van der Waals surface area contributed by atoms with Crippen molar-refractivity contribution in [3.63, 3.8) is 0 Å². The fraction of sp³-hybridized carbons (Fsp3) is 0.588. The van der Waals surface area contributed by atoms with E-state index in [1.165, 1.54) is 56.5 Å². The first kappa shape index (κ1) is 14.1. The second-order valence-corrected chi connectivity index (χ2v) is 5.33. The molecule has 2 heteroatoms. The molecule has 0 saturated carbocycles. The molecular formula is C17H26N2. The van der Waals surface area contributed by atoms with Crippen molar-refractivity contribution in [3.8, 4) is 0 Å². The molecule has 19 heavy (non-hydrogen) atoms. The van der Waals surface area contributed by atoms with E-state index in [0.717, 1.165) is 13.1 Å². The van der Waals surface area contributed by atoms with Crippen LogP contribution in [0.3, 0.4) is 0 Å². The topological polar surface area (TPSA) is 15.6 Å². The zero-order valence-electron chi connectivity index (χ0n) is 12.1. The van der Waals surface area contributed by atoms with Crippen molar-refractivity contribution in [2.24, 2.45) is 4.99 Å². The summed E-state index contributed by atoms with van der Waals surface area (Å²) in [5.74, 6) is 1.20. The predicted molar refractivity (Wildman–Crippen MR) is 82.8 cm³/mol. The van der Waals surface area contributed by atoms with Crippen LogP contribution in [0, 0.1) is 0 Å².